The van der Waals surface area contributed by atoms with Crippen molar-refractivity contribution in [1.82, 2.24) is 14.8 Å². The maximum atomic E-state index is 12.6. The highest BCUT2D eigenvalue weighted by atomic mass is 16.6. The number of likely N-dealkylation sites (N-methyl/N-ethyl adjacent to an activating group) is 2. The van der Waals surface area contributed by atoms with Crippen molar-refractivity contribution in [2.75, 3.05) is 34.2 Å². The van der Waals surface area contributed by atoms with E-state index in [1.54, 1.807) is 31.1 Å². The molecule has 1 heterocycles. The molecular weight excluding hydrogens is 442 g/mol. The average Bonchev–Trinajstić information content (AvgIpc) is 2.83. The number of nitrogens with zero attached hydrogens (tertiary/aromatic N) is 3. The van der Waals surface area contributed by atoms with Gasteiger partial charge in [0.2, 0.25) is 0 Å². The maximum Gasteiger partial charge on any atom is 0.415 e. The van der Waals surface area contributed by atoms with Gasteiger partial charge in [0.25, 0.3) is 0 Å². The van der Waals surface area contributed by atoms with Gasteiger partial charge in [-0.05, 0) is 94.4 Å². The van der Waals surface area contributed by atoms with Gasteiger partial charge in [-0.2, -0.15) is 0 Å². The van der Waals surface area contributed by atoms with Crippen LogP contribution in [0.15, 0.2) is 42.6 Å². The zero-order chi connectivity index (χ0) is 25.4. The highest BCUT2D eigenvalue weighted by molar-refractivity contribution is 5.70. The first-order valence-electron chi connectivity index (χ1n) is 12.6. The summed E-state index contributed by atoms with van der Waals surface area (Å²) in [6.07, 6.45) is 4.78. The third-order valence-corrected chi connectivity index (χ3v) is 8.37. The van der Waals surface area contributed by atoms with E-state index >= 15 is 0 Å². The molecule has 1 saturated carbocycles. The quantitative estimate of drug-likeness (QED) is 0.654. The monoisotopic (exact) mass is 481 g/mol. The number of carbonyl (C=O) groups excluding carboxylic acids is 1. The highest BCUT2D eigenvalue weighted by Gasteiger charge is 2.61. The first kappa shape index (κ1) is 25.6. The predicted molar refractivity (Wildman–Crippen MR) is 135 cm³/mol. The van der Waals surface area contributed by atoms with Crippen LogP contribution in [0.25, 0.3) is 0 Å². The van der Waals surface area contributed by atoms with E-state index in [0.717, 1.165) is 31.4 Å². The Labute approximate surface area is 208 Å². The Kier molecular flexibility index (Phi) is 6.97. The van der Waals surface area contributed by atoms with Crippen LogP contribution < -0.4 is 4.74 Å². The molecule has 2 aromatic rings. The van der Waals surface area contributed by atoms with Crippen LogP contribution in [0.1, 0.15) is 56.4 Å². The number of aliphatic hydroxyl groups is 2. The lowest BCUT2D eigenvalue weighted by Crippen LogP contribution is -2.62. The molecule has 4 atom stereocenters. The third-order valence-electron chi connectivity index (χ3n) is 8.37. The van der Waals surface area contributed by atoms with Crippen molar-refractivity contribution >= 4 is 6.09 Å². The normalized spacial score (nSPS) is 29.9. The number of aromatic nitrogens is 1. The molecule has 7 heteroatoms. The predicted octanol–water partition coefficient (Wildman–Crippen LogP) is 3.72. The largest absolute Gasteiger partial charge is 0.415 e. The van der Waals surface area contributed by atoms with Crippen molar-refractivity contribution in [2.24, 2.45) is 5.92 Å². The van der Waals surface area contributed by atoms with Crippen molar-refractivity contribution in [2.45, 2.75) is 62.6 Å². The Balaban J connectivity index is 1.60. The summed E-state index contributed by atoms with van der Waals surface area (Å²) in [5, 5.41) is 23.4. The molecule has 1 fully saturated rings. The topological polar surface area (TPSA) is 86.1 Å². The van der Waals surface area contributed by atoms with Crippen molar-refractivity contribution < 1.29 is 19.7 Å². The van der Waals surface area contributed by atoms with Crippen LogP contribution in [0.4, 0.5) is 4.79 Å². The summed E-state index contributed by atoms with van der Waals surface area (Å²) in [4.78, 5) is 20.6. The lowest BCUT2D eigenvalue weighted by molar-refractivity contribution is -0.207. The minimum Gasteiger partial charge on any atom is -0.410 e. The molecule has 3 unspecified atom stereocenters. The van der Waals surface area contributed by atoms with Crippen LogP contribution in [-0.2, 0) is 17.4 Å². The molecule has 4 rings (SSSR count). The number of ether oxygens (including phenoxy) is 1. The SMILES string of the molecule is CCC12CC(C)(O)C(O)(c3ccccn3)C[C@H]1CCc1cc(OC(=O)N(C)CCN(C)C)ccc12. The maximum absolute atomic E-state index is 12.6. The Morgan fingerprint density at radius 2 is 1.94 bits per heavy atom. The van der Waals surface area contributed by atoms with Gasteiger partial charge in [0.05, 0.1) is 11.3 Å². The van der Waals surface area contributed by atoms with Crippen molar-refractivity contribution in [1.29, 1.82) is 0 Å². The summed E-state index contributed by atoms with van der Waals surface area (Å²) in [6, 6.07) is 11.4. The van der Waals surface area contributed by atoms with Gasteiger partial charge in [-0.1, -0.05) is 19.1 Å². The molecular formula is C28H39N3O4. The molecule has 0 saturated heterocycles. The van der Waals surface area contributed by atoms with E-state index in [1.165, 1.54) is 5.56 Å². The molecule has 2 N–H and O–H groups in total. The first-order chi connectivity index (χ1) is 16.5. The summed E-state index contributed by atoms with van der Waals surface area (Å²) < 4.78 is 5.68. The number of pyridine rings is 1. The summed E-state index contributed by atoms with van der Waals surface area (Å²) in [5.41, 5.74) is -0.127. The standard InChI is InChI=1S/C28H39N3O4/c1-6-27-19-26(2,33)28(34,24-9-7-8-14-29-24)18-21(27)11-10-20-17-22(12-13-23(20)27)35-25(32)31(5)16-15-30(3)4/h7-9,12-14,17,21,33-34H,6,10-11,15-16,18-19H2,1-5H3/t21-,26?,27?,28?/m1/s1. The fraction of sp³-hybridized carbons (Fsp3) is 0.571. The van der Waals surface area contributed by atoms with E-state index in [2.05, 4.69) is 18.0 Å². The van der Waals surface area contributed by atoms with Gasteiger partial charge in [0, 0.05) is 31.7 Å². The fourth-order valence-electron chi connectivity index (χ4n) is 6.24. The lowest BCUT2D eigenvalue weighted by atomic mass is 9.49. The Morgan fingerprint density at radius 1 is 1.17 bits per heavy atom. The Morgan fingerprint density at radius 3 is 2.60 bits per heavy atom. The molecule has 0 spiro atoms. The van der Waals surface area contributed by atoms with Crippen molar-refractivity contribution in [3.63, 3.8) is 0 Å². The van der Waals surface area contributed by atoms with Gasteiger partial charge in [-0.15, -0.1) is 0 Å². The van der Waals surface area contributed by atoms with Gasteiger partial charge in [-0.25, -0.2) is 4.79 Å². The second-order valence-electron chi connectivity index (χ2n) is 10.9. The molecule has 190 valence electrons. The van der Waals surface area contributed by atoms with Crippen LogP contribution in [-0.4, -0.2) is 70.9 Å². The van der Waals surface area contributed by atoms with Crippen LogP contribution in [0, 0.1) is 5.92 Å². The third kappa shape index (κ3) is 4.57. The van der Waals surface area contributed by atoms with Gasteiger partial charge in [0.15, 0.2) is 0 Å². The summed E-state index contributed by atoms with van der Waals surface area (Å²) >= 11 is 0. The molecule has 1 amide bonds. The second kappa shape index (κ2) is 9.52. The molecule has 0 radical (unpaired) electrons. The first-order valence-corrected chi connectivity index (χ1v) is 12.6. The number of hydrogen-bond acceptors (Lipinski definition) is 6. The summed E-state index contributed by atoms with van der Waals surface area (Å²) in [7, 11) is 5.69. The smallest absolute Gasteiger partial charge is 0.410 e. The second-order valence-corrected chi connectivity index (χ2v) is 10.9. The molecule has 1 aromatic heterocycles. The van der Waals surface area contributed by atoms with Gasteiger partial charge < -0.3 is 24.7 Å². The van der Waals surface area contributed by atoms with Gasteiger partial charge in [-0.3, -0.25) is 4.98 Å². The average molecular weight is 482 g/mol. The number of fused-ring (bicyclic) bond motifs is 3. The van der Waals surface area contributed by atoms with E-state index < -0.39 is 11.2 Å². The van der Waals surface area contributed by atoms with Crippen LogP contribution in [0.2, 0.25) is 0 Å². The number of carbonyl (C=O) groups is 1. The number of amides is 1. The van der Waals surface area contributed by atoms with E-state index in [1.807, 2.05) is 43.3 Å². The van der Waals surface area contributed by atoms with Crippen molar-refractivity contribution in [3.8, 4) is 5.75 Å². The minimum absolute atomic E-state index is 0.206. The Hall–Kier alpha value is -2.48. The van der Waals surface area contributed by atoms with E-state index in [-0.39, 0.29) is 17.4 Å². The zero-order valence-corrected chi connectivity index (χ0v) is 21.6. The van der Waals surface area contributed by atoms with Gasteiger partial charge in [0.1, 0.15) is 11.4 Å². The van der Waals surface area contributed by atoms with E-state index in [0.29, 0.717) is 30.8 Å². The Bertz CT molecular complexity index is 1060. The minimum atomic E-state index is -1.40. The molecule has 1 aromatic carbocycles. The van der Waals surface area contributed by atoms with Gasteiger partial charge >= 0.3 is 6.09 Å². The van der Waals surface area contributed by atoms with Crippen LogP contribution in [0.5, 0.6) is 5.75 Å². The highest BCUT2D eigenvalue weighted by Crippen LogP contribution is 2.59. The van der Waals surface area contributed by atoms with Crippen molar-refractivity contribution in [3.05, 3.63) is 59.4 Å². The molecule has 2 aliphatic carbocycles. The lowest BCUT2D eigenvalue weighted by Gasteiger charge is -2.58. The van der Waals surface area contributed by atoms with E-state index in [9.17, 15) is 15.0 Å². The summed E-state index contributed by atoms with van der Waals surface area (Å²) in [5.74, 6) is 0.750. The molecule has 0 aliphatic heterocycles. The molecule has 2 aliphatic rings. The van der Waals surface area contributed by atoms with Crippen LogP contribution in [0.3, 0.4) is 0 Å². The number of aryl methyl sites for hydroxylation is 1. The zero-order valence-electron chi connectivity index (χ0n) is 21.6. The number of rotatable bonds is 6. The molecule has 35 heavy (non-hydrogen) atoms. The molecule has 7 nitrogen and oxygen atoms in total. The number of benzene rings is 1. The number of hydrogen-bond donors (Lipinski definition) is 2. The fourth-order valence-corrected chi connectivity index (χ4v) is 6.24. The summed E-state index contributed by atoms with van der Waals surface area (Å²) in [6.45, 7) is 5.26. The van der Waals surface area contributed by atoms with E-state index in [4.69, 9.17) is 4.74 Å². The molecule has 0 bridgehead atoms. The van der Waals surface area contributed by atoms with Crippen LogP contribution >= 0.6 is 0 Å².